The second-order valence-electron chi connectivity index (χ2n) is 2.07. The normalized spacial score (nSPS) is 13.1. The van der Waals surface area contributed by atoms with E-state index in [4.69, 9.17) is 11.9 Å². The lowest BCUT2D eigenvalue weighted by Crippen LogP contribution is -1.82. The maximum absolute atomic E-state index is 12.8. The van der Waals surface area contributed by atoms with E-state index in [1.165, 1.54) is 12.2 Å². The fraction of sp³-hybridized carbons (Fsp3) is 0.250. The summed E-state index contributed by atoms with van der Waals surface area (Å²) in [5, 5.41) is 0. The largest absolute Gasteiger partial charge is 0.383 e. The molecule has 0 aliphatic rings. The highest BCUT2D eigenvalue weighted by molar-refractivity contribution is 6.08. The average Bonchev–Trinajstić information content (AvgIpc) is 1.88. The minimum Gasteiger partial charge on any atom is -0.383 e. The van der Waals surface area contributed by atoms with Gasteiger partial charge in [-0.2, -0.15) is 0 Å². The van der Waals surface area contributed by atoms with E-state index in [1.807, 2.05) is 0 Å². The first-order chi connectivity index (χ1) is 5.11. The van der Waals surface area contributed by atoms with Crippen LogP contribution in [0.15, 0.2) is 35.9 Å². The number of halogens is 2. The predicted octanol–water partition coefficient (Wildman–Crippen LogP) is 3.49. The van der Waals surface area contributed by atoms with Crippen LogP contribution in [0.2, 0.25) is 0 Å². The molecule has 0 aromatic rings. The Labute approximate surface area is 71.0 Å². The Morgan fingerprint density at radius 1 is 1.64 bits per heavy atom. The summed E-state index contributed by atoms with van der Waals surface area (Å²) in [4.78, 5) is 0. The van der Waals surface area contributed by atoms with Crippen LogP contribution in [0.25, 0.3) is 0 Å². The van der Waals surface area contributed by atoms with Crippen molar-refractivity contribution >= 4 is 11.9 Å². The summed E-state index contributed by atoms with van der Waals surface area (Å²) in [7, 11) is 0. The lowest BCUT2D eigenvalue weighted by atomic mass is 10.3. The second kappa shape index (κ2) is 4.97. The van der Waals surface area contributed by atoms with E-state index >= 15 is 0 Å². The van der Waals surface area contributed by atoms with Gasteiger partial charge in [-0.3, -0.25) is 0 Å². The minimum absolute atomic E-state index is 0.00895. The molecule has 0 N–H and O–H groups in total. The van der Waals surface area contributed by atoms with Gasteiger partial charge in [-0.15, -0.1) is 0 Å². The molecule has 0 amide bonds. The minimum atomic E-state index is -0.519. The van der Waals surface area contributed by atoms with Gasteiger partial charge in [0.15, 0.2) is 11.6 Å². The fourth-order valence-corrected chi connectivity index (χ4v) is 0.670. The summed E-state index contributed by atoms with van der Waals surface area (Å²) < 4.78 is 17.1. The lowest BCUT2D eigenvalue weighted by Gasteiger charge is -1.97. The summed E-state index contributed by atoms with van der Waals surface area (Å²) >= 11 is 4.97. The van der Waals surface area contributed by atoms with Crippen LogP contribution in [0.4, 0.5) is 4.39 Å². The van der Waals surface area contributed by atoms with E-state index in [2.05, 4.69) is 10.9 Å². The van der Waals surface area contributed by atoms with Crippen LogP contribution in [0.3, 0.4) is 0 Å². The van der Waals surface area contributed by atoms with Crippen molar-refractivity contribution in [3.63, 3.8) is 0 Å². The molecular weight excluding hydrogens is 167 g/mol. The molecule has 0 aromatic carbocycles. The molecule has 0 saturated heterocycles. The SMILES string of the molecule is C=C(C)/C=C(F)\C(=C/C)OCl. The van der Waals surface area contributed by atoms with Gasteiger partial charge >= 0.3 is 0 Å². The fourth-order valence-electron chi connectivity index (χ4n) is 0.507. The number of hydrogen-bond donors (Lipinski definition) is 0. The van der Waals surface area contributed by atoms with E-state index in [9.17, 15) is 4.39 Å². The van der Waals surface area contributed by atoms with Crippen molar-refractivity contribution in [2.24, 2.45) is 0 Å². The van der Waals surface area contributed by atoms with Crippen LogP contribution in [0.1, 0.15) is 13.8 Å². The summed E-state index contributed by atoms with van der Waals surface area (Å²) in [6.07, 6.45) is 2.68. The molecule has 1 nitrogen and oxygen atoms in total. The monoisotopic (exact) mass is 176 g/mol. The van der Waals surface area contributed by atoms with E-state index in [-0.39, 0.29) is 5.76 Å². The van der Waals surface area contributed by atoms with Crippen molar-refractivity contribution in [2.45, 2.75) is 13.8 Å². The molecule has 62 valence electrons. The van der Waals surface area contributed by atoms with Crippen LogP contribution in [0.5, 0.6) is 0 Å². The number of hydrogen-bond acceptors (Lipinski definition) is 1. The Morgan fingerprint density at radius 3 is 2.45 bits per heavy atom. The smallest absolute Gasteiger partial charge is 0.177 e. The molecule has 0 atom stereocenters. The van der Waals surface area contributed by atoms with Crippen LogP contribution >= 0.6 is 11.9 Å². The third-order valence-corrected chi connectivity index (χ3v) is 1.12. The van der Waals surface area contributed by atoms with Crippen molar-refractivity contribution in [1.82, 2.24) is 0 Å². The highest BCUT2D eigenvalue weighted by atomic mass is 35.5. The van der Waals surface area contributed by atoms with Gasteiger partial charge in [0.05, 0.1) is 0 Å². The summed E-state index contributed by atoms with van der Waals surface area (Å²) in [6, 6.07) is 0. The Kier molecular flexibility index (Phi) is 4.62. The summed E-state index contributed by atoms with van der Waals surface area (Å²) in [5.74, 6) is -0.510. The Balaban J connectivity index is 4.45. The molecule has 3 heteroatoms. The quantitative estimate of drug-likeness (QED) is 0.473. The Bertz CT molecular complexity index is 206. The molecule has 0 spiro atoms. The van der Waals surface area contributed by atoms with Crippen molar-refractivity contribution in [1.29, 1.82) is 0 Å². The van der Waals surface area contributed by atoms with Gasteiger partial charge in [-0.1, -0.05) is 12.2 Å². The zero-order valence-electron chi connectivity index (χ0n) is 6.53. The van der Waals surface area contributed by atoms with Crippen LogP contribution in [-0.2, 0) is 4.29 Å². The van der Waals surface area contributed by atoms with Crippen molar-refractivity contribution in [3.05, 3.63) is 35.9 Å². The zero-order valence-corrected chi connectivity index (χ0v) is 7.28. The maximum atomic E-state index is 12.8. The number of allylic oxidation sites excluding steroid dienone is 4. The summed E-state index contributed by atoms with van der Waals surface area (Å²) in [6.45, 7) is 6.81. The van der Waals surface area contributed by atoms with Crippen LogP contribution in [-0.4, -0.2) is 0 Å². The second-order valence-corrected chi connectivity index (χ2v) is 2.22. The van der Waals surface area contributed by atoms with Gasteiger partial charge in [0.25, 0.3) is 0 Å². The van der Waals surface area contributed by atoms with Gasteiger partial charge < -0.3 is 4.29 Å². The molecule has 0 saturated carbocycles. The third-order valence-electron chi connectivity index (χ3n) is 0.954. The molecule has 11 heavy (non-hydrogen) atoms. The maximum Gasteiger partial charge on any atom is 0.177 e. The first kappa shape index (κ1) is 10.2. The predicted molar refractivity (Wildman–Crippen MR) is 44.7 cm³/mol. The molecule has 0 aliphatic heterocycles. The molecule has 0 heterocycles. The van der Waals surface area contributed by atoms with Gasteiger partial charge in [0, 0.05) is 0 Å². The first-order valence-corrected chi connectivity index (χ1v) is 3.40. The zero-order chi connectivity index (χ0) is 8.85. The van der Waals surface area contributed by atoms with Gasteiger partial charge in [-0.25, -0.2) is 4.39 Å². The van der Waals surface area contributed by atoms with E-state index in [0.29, 0.717) is 5.57 Å². The van der Waals surface area contributed by atoms with Crippen molar-refractivity contribution < 1.29 is 8.68 Å². The van der Waals surface area contributed by atoms with Crippen LogP contribution in [0, 0.1) is 0 Å². The molecule has 0 aliphatic carbocycles. The first-order valence-electron chi connectivity index (χ1n) is 3.09. The Morgan fingerprint density at radius 2 is 2.18 bits per heavy atom. The molecule has 0 rings (SSSR count). The van der Waals surface area contributed by atoms with Crippen LogP contribution < -0.4 is 0 Å². The molecule has 0 aromatic heterocycles. The highest BCUT2D eigenvalue weighted by Crippen LogP contribution is 2.15. The topological polar surface area (TPSA) is 9.23 Å². The molecular formula is C8H10ClFO. The molecule has 0 fully saturated rings. The summed E-state index contributed by atoms with van der Waals surface area (Å²) in [5.41, 5.74) is 0.607. The van der Waals surface area contributed by atoms with Crippen molar-refractivity contribution in [2.75, 3.05) is 0 Å². The van der Waals surface area contributed by atoms with Gasteiger partial charge in [-0.05, 0) is 26.0 Å². The average molecular weight is 177 g/mol. The number of rotatable bonds is 3. The molecule has 0 unspecified atom stereocenters. The van der Waals surface area contributed by atoms with Gasteiger partial charge in [0.1, 0.15) is 11.9 Å². The molecule has 0 bridgehead atoms. The standard InChI is InChI=1S/C8H10ClFO/c1-4-8(11-9)7(10)5-6(2)3/h4-5H,2H2,1,3H3/b7-5+,8-4+. The third kappa shape index (κ3) is 3.83. The highest BCUT2D eigenvalue weighted by Gasteiger charge is 2.02. The van der Waals surface area contributed by atoms with Gasteiger partial charge in [0.2, 0.25) is 0 Å². The lowest BCUT2D eigenvalue weighted by molar-refractivity contribution is 0.439. The van der Waals surface area contributed by atoms with E-state index in [1.54, 1.807) is 13.8 Å². The Hall–Kier alpha value is -0.760. The van der Waals surface area contributed by atoms with E-state index in [0.717, 1.165) is 0 Å². The molecule has 0 radical (unpaired) electrons. The van der Waals surface area contributed by atoms with E-state index < -0.39 is 5.83 Å². The van der Waals surface area contributed by atoms with Crippen molar-refractivity contribution in [3.8, 4) is 0 Å².